The van der Waals surface area contributed by atoms with Crippen LogP contribution in [0.3, 0.4) is 0 Å². The van der Waals surface area contributed by atoms with Crippen molar-refractivity contribution in [1.82, 2.24) is 5.32 Å². The van der Waals surface area contributed by atoms with Crippen LogP contribution in [0, 0.1) is 0 Å². The van der Waals surface area contributed by atoms with Crippen molar-refractivity contribution in [3.63, 3.8) is 0 Å². The lowest BCUT2D eigenvalue weighted by atomic mass is 10.1. The Morgan fingerprint density at radius 1 is 0.917 bits per heavy atom. The Morgan fingerprint density at radius 2 is 1.46 bits per heavy atom. The van der Waals surface area contributed by atoms with Crippen LogP contribution in [-0.4, -0.2) is 11.5 Å². The number of nitrogens with zero attached hydrogens (tertiary/aromatic N) is 1. The summed E-state index contributed by atoms with van der Waals surface area (Å²) in [7, 11) is 0. The summed E-state index contributed by atoms with van der Waals surface area (Å²) in [6.07, 6.45) is 0. The normalized spacial score (nSPS) is 12.2. The van der Waals surface area contributed by atoms with Gasteiger partial charge in [0.1, 0.15) is 0 Å². The van der Waals surface area contributed by atoms with E-state index in [-0.39, 0.29) is 5.54 Å². The fourth-order valence-electron chi connectivity index (χ4n) is 2.20. The maximum absolute atomic E-state index is 5.88. The van der Waals surface area contributed by atoms with Crippen molar-refractivity contribution >= 4 is 5.96 Å². The average molecular weight is 325 g/mol. The second-order valence-corrected chi connectivity index (χ2v) is 6.87. The zero-order valence-electron chi connectivity index (χ0n) is 14.8. The van der Waals surface area contributed by atoms with E-state index in [2.05, 4.69) is 67.5 Å². The predicted molar refractivity (Wildman–Crippen MR) is 99.6 cm³/mol. The van der Waals surface area contributed by atoms with Crippen molar-refractivity contribution in [2.24, 2.45) is 10.7 Å². The SMILES string of the molecule is CC(C)(C)NC(N)=NCc1ccc(COCc2ccccc2)cc1. The van der Waals surface area contributed by atoms with Gasteiger partial charge in [0.05, 0.1) is 19.8 Å². The van der Waals surface area contributed by atoms with Crippen molar-refractivity contribution in [1.29, 1.82) is 0 Å². The summed E-state index contributed by atoms with van der Waals surface area (Å²) in [6, 6.07) is 18.5. The Hall–Kier alpha value is -2.33. The minimum atomic E-state index is -0.0759. The van der Waals surface area contributed by atoms with Gasteiger partial charge in [-0.25, -0.2) is 4.99 Å². The fraction of sp³-hybridized carbons (Fsp3) is 0.350. The molecule has 0 fully saturated rings. The van der Waals surface area contributed by atoms with Gasteiger partial charge in [-0.2, -0.15) is 0 Å². The number of guanidine groups is 1. The molecular formula is C20H27N3O. The Kier molecular flexibility index (Phi) is 6.38. The molecule has 2 aromatic rings. The molecule has 0 aliphatic heterocycles. The molecule has 0 aliphatic rings. The predicted octanol–water partition coefficient (Wildman–Crippen LogP) is 3.61. The van der Waals surface area contributed by atoms with Gasteiger partial charge in [-0.15, -0.1) is 0 Å². The third-order valence-electron chi connectivity index (χ3n) is 3.34. The average Bonchev–Trinajstić information content (AvgIpc) is 2.53. The van der Waals surface area contributed by atoms with E-state index in [0.29, 0.717) is 25.7 Å². The molecule has 0 spiro atoms. The van der Waals surface area contributed by atoms with Crippen LogP contribution >= 0.6 is 0 Å². The number of rotatable bonds is 6. The highest BCUT2D eigenvalue weighted by Gasteiger charge is 2.09. The molecule has 24 heavy (non-hydrogen) atoms. The minimum Gasteiger partial charge on any atom is -0.372 e. The van der Waals surface area contributed by atoms with Crippen LogP contribution in [0.1, 0.15) is 37.5 Å². The lowest BCUT2D eigenvalue weighted by molar-refractivity contribution is 0.107. The largest absolute Gasteiger partial charge is 0.372 e. The van der Waals surface area contributed by atoms with Crippen molar-refractivity contribution in [3.8, 4) is 0 Å². The zero-order valence-corrected chi connectivity index (χ0v) is 14.8. The van der Waals surface area contributed by atoms with E-state index < -0.39 is 0 Å². The van der Waals surface area contributed by atoms with Crippen LogP contribution in [-0.2, 0) is 24.5 Å². The highest BCUT2D eigenvalue weighted by molar-refractivity contribution is 5.78. The Morgan fingerprint density at radius 3 is 2.04 bits per heavy atom. The second-order valence-electron chi connectivity index (χ2n) is 6.87. The maximum Gasteiger partial charge on any atom is 0.189 e. The van der Waals surface area contributed by atoms with Gasteiger partial charge in [0.15, 0.2) is 5.96 Å². The Balaban J connectivity index is 1.79. The monoisotopic (exact) mass is 325 g/mol. The van der Waals surface area contributed by atoms with Crippen LogP contribution in [0.15, 0.2) is 59.6 Å². The van der Waals surface area contributed by atoms with Crippen molar-refractivity contribution < 1.29 is 4.74 Å². The van der Waals surface area contributed by atoms with E-state index in [1.54, 1.807) is 0 Å². The van der Waals surface area contributed by atoms with Crippen LogP contribution < -0.4 is 11.1 Å². The number of nitrogens with two attached hydrogens (primary N) is 1. The lowest BCUT2D eigenvalue weighted by Crippen LogP contribution is -2.44. The summed E-state index contributed by atoms with van der Waals surface area (Å²) in [6.45, 7) is 7.97. The molecule has 0 radical (unpaired) electrons. The zero-order chi connectivity index (χ0) is 17.4. The molecule has 4 heteroatoms. The molecule has 3 N–H and O–H groups in total. The highest BCUT2D eigenvalue weighted by Crippen LogP contribution is 2.09. The first-order valence-corrected chi connectivity index (χ1v) is 8.20. The number of nitrogens with one attached hydrogen (secondary N) is 1. The standard InChI is InChI=1S/C20H27N3O/c1-20(2,3)23-19(21)22-13-16-9-11-18(12-10-16)15-24-14-17-7-5-4-6-8-17/h4-12H,13-15H2,1-3H3,(H3,21,22,23). The second kappa shape index (κ2) is 8.50. The summed E-state index contributed by atoms with van der Waals surface area (Å²) < 4.78 is 5.74. The number of ether oxygens (including phenoxy) is 1. The van der Waals surface area contributed by atoms with Gasteiger partial charge in [-0.05, 0) is 37.5 Å². The van der Waals surface area contributed by atoms with Crippen LogP contribution in [0.5, 0.6) is 0 Å². The molecule has 128 valence electrons. The van der Waals surface area contributed by atoms with Gasteiger partial charge in [0.2, 0.25) is 0 Å². The number of aliphatic imine (C=N–C) groups is 1. The molecular weight excluding hydrogens is 298 g/mol. The first kappa shape index (κ1) is 18.0. The number of benzene rings is 2. The van der Waals surface area contributed by atoms with Gasteiger partial charge in [0, 0.05) is 5.54 Å². The molecule has 0 aromatic heterocycles. The lowest BCUT2D eigenvalue weighted by Gasteiger charge is -2.20. The van der Waals surface area contributed by atoms with E-state index in [9.17, 15) is 0 Å². The van der Waals surface area contributed by atoms with Gasteiger partial charge in [0.25, 0.3) is 0 Å². The molecule has 0 amide bonds. The van der Waals surface area contributed by atoms with E-state index in [1.165, 1.54) is 5.56 Å². The number of hydrogen-bond donors (Lipinski definition) is 2. The van der Waals surface area contributed by atoms with Crippen molar-refractivity contribution in [3.05, 3.63) is 71.3 Å². The molecule has 2 rings (SSSR count). The summed E-state index contributed by atoms with van der Waals surface area (Å²) >= 11 is 0. The smallest absolute Gasteiger partial charge is 0.189 e. The Bertz CT molecular complexity index is 643. The number of hydrogen-bond acceptors (Lipinski definition) is 2. The first-order valence-electron chi connectivity index (χ1n) is 8.20. The third kappa shape index (κ3) is 6.84. The molecule has 0 saturated heterocycles. The summed E-state index contributed by atoms with van der Waals surface area (Å²) in [4.78, 5) is 4.36. The van der Waals surface area contributed by atoms with Gasteiger partial charge >= 0.3 is 0 Å². The minimum absolute atomic E-state index is 0.0759. The fourth-order valence-corrected chi connectivity index (χ4v) is 2.20. The summed E-state index contributed by atoms with van der Waals surface area (Å²) in [5.74, 6) is 0.470. The van der Waals surface area contributed by atoms with E-state index >= 15 is 0 Å². The van der Waals surface area contributed by atoms with Gasteiger partial charge in [-0.3, -0.25) is 0 Å². The molecule has 0 unspecified atom stereocenters. The summed E-state index contributed by atoms with van der Waals surface area (Å²) in [5.41, 5.74) is 9.26. The third-order valence-corrected chi connectivity index (χ3v) is 3.34. The highest BCUT2D eigenvalue weighted by atomic mass is 16.5. The van der Waals surface area contributed by atoms with Crippen LogP contribution in [0.25, 0.3) is 0 Å². The van der Waals surface area contributed by atoms with Crippen LogP contribution in [0.2, 0.25) is 0 Å². The van der Waals surface area contributed by atoms with Crippen molar-refractivity contribution in [2.75, 3.05) is 0 Å². The van der Waals surface area contributed by atoms with E-state index in [1.807, 2.05) is 18.2 Å². The maximum atomic E-state index is 5.88. The molecule has 0 aliphatic carbocycles. The molecule has 4 nitrogen and oxygen atoms in total. The summed E-state index contributed by atoms with van der Waals surface area (Å²) in [5, 5.41) is 3.15. The first-order chi connectivity index (χ1) is 11.4. The molecule has 0 heterocycles. The molecule has 0 saturated carbocycles. The molecule has 2 aromatic carbocycles. The van der Waals surface area contributed by atoms with Gasteiger partial charge in [-0.1, -0.05) is 54.6 Å². The molecule has 0 bridgehead atoms. The van der Waals surface area contributed by atoms with Gasteiger partial charge < -0.3 is 15.8 Å². The quantitative estimate of drug-likeness (QED) is 0.630. The Labute approximate surface area is 144 Å². The van der Waals surface area contributed by atoms with E-state index in [4.69, 9.17) is 10.5 Å². The topological polar surface area (TPSA) is 59.6 Å². The van der Waals surface area contributed by atoms with E-state index in [0.717, 1.165) is 11.1 Å². The molecule has 0 atom stereocenters. The van der Waals surface area contributed by atoms with Crippen molar-refractivity contribution in [2.45, 2.75) is 46.1 Å². The van der Waals surface area contributed by atoms with Crippen LogP contribution in [0.4, 0.5) is 0 Å².